The largest absolute Gasteiger partial charge is 0.472 e. The molecular weight excluding hydrogens is 1110 g/mol. The van der Waals surface area contributed by atoms with Gasteiger partial charge in [0.05, 0.1) is 26.4 Å². The first-order valence-corrected chi connectivity index (χ1v) is 36.3. The summed E-state index contributed by atoms with van der Waals surface area (Å²) in [4.78, 5) is 72.1. The van der Waals surface area contributed by atoms with E-state index in [1.165, 1.54) is 89.9 Å². The van der Waals surface area contributed by atoms with Crippen molar-refractivity contribution < 1.29 is 80.2 Å². The maximum Gasteiger partial charge on any atom is 0.472 e. The molecule has 0 radical (unpaired) electrons. The summed E-state index contributed by atoms with van der Waals surface area (Å²) in [7, 11) is -9.90. The quantitative estimate of drug-likeness (QED) is 0.0169. The van der Waals surface area contributed by atoms with Crippen molar-refractivity contribution in [2.75, 3.05) is 39.6 Å². The first kappa shape index (κ1) is 81.5. The van der Waals surface area contributed by atoms with Gasteiger partial charge in [-0.15, -0.1) is 0 Å². The number of carbonyl (C=O) groups is 4. The van der Waals surface area contributed by atoms with Gasteiger partial charge in [0.15, 0.2) is 12.2 Å². The van der Waals surface area contributed by atoms with Crippen LogP contribution in [0.5, 0.6) is 0 Å². The highest BCUT2D eigenvalue weighted by atomic mass is 31.2. The summed E-state index contributed by atoms with van der Waals surface area (Å²) in [5.41, 5.74) is 0. The monoisotopic (exact) mass is 1240 g/mol. The number of allylic oxidation sites excluding steroid dienone is 4. The third-order valence-electron chi connectivity index (χ3n) is 14.7. The van der Waals surface area contributed by atoms with Gasteiger partial charge in [-0.3, -0.25) is 37.3 Å². The van der Waals surface area contributed by atoms with E-state index in [1.807, 2.05) is 0 Å². The van der Waals surface area contributed by atoms with Crippen LogP contribution in [0, 0.1) is 11.8 Å². The fourth-order valence-electron chi connectivity index (χ4n) is 9.14. The van der Waals surface area contributed by atoms with Gasteiger partial charge >= 0.3 is 39.5 Å². The molecule has 0 saturated heterocycles. The molecule has 0 aromatic rings. The lowest BCUT2D eigenvalue weighted by Gasteiger charge is -2.21. The van der Waals surface area contributed by atoms with Crippen LogP contribution in [0.25, 0.3) is 0 Å². The molecule has 0 aliphatic rings. The number of esters is 4. The number of aliphatic hydroxyl groups is 1. The Bertz CT molecular complexity index is 1740. The molecule has 0 rings (SSSR count). The molecule has 0 aromatic carbocycles. The van der Waals surface area contributed by atoms with E-state index < -0.39 is 97.5 Å². The highest BCUT2D eigenvalue weighted by molar-refractivity contribution is 7.47. The second kappa shape index (κ2) is 57.0. The Labute approximate surface area is 510 Å². The summed E-state index contributed by atoms with van der Waals surface area (Å²) in [5, 5.41) is 10.5. The number of hydrogen-bond acceptors (Lipinski definition) is 15. The van der Waals surface area contributed by atoms with Crippen molar-refractivity contribution in [1.29, 1.82) is 0 Å². The van der Waals surface area contributed by atoms with E-state index in [9.17, 15) is 43.2 Å². The topological polar surface area (TPSA) is 237 Å². The molecule has 0 saturated carbocycles. The minimum absolute atomic E-state index is 0.0842. The molecule has 3 unspecified atom stereocenters. The number of phosphoric acid groups is 2. The van der Waals surface area contributed by atoms with Gasteiger partial charge in [-0.2, -0.15) is 0 Å². The Morgan fingerprint density at radius 3 is 1.07 bits per heavy atom. The highest BCUT2D eigenvalue weighted by Gasteiger charge is 2.30. The van der Waals surface area contributed by atoms with E-state index in [-0.39, 0.29) is 25.7 Å². The Morgan fingerprint density at radius 2 is 0.702 bits per heavy atom. The lowest BCUT2D eigenvalue weighted by Crippen LogP contribution is -2.30. The van der Waals surface area contributed by atoms with Crippen LogP contribution < -0.4 is 0 Å². The molecule has 0 heterocycles. The molecule has 0 aromatic heterocycles. The molecule has 84 heavy (non-hydrogen) atoms. The van der Waals surface area contributed by atoms with Crippen molar-refractivity contribution in [1.82, 2.24) is 0 Å². The lowest BCUT2D eigenvalue weighted by molar-refractivity contribution is -0.161. The zero-order chi connectivity index (χ0) is 62.2. The molecule has 6 atom stereocenters. The van der Waals surface area contributed by atoms with Crippen LogP contribution >= 0.6 is 15.6 Å². The second-order valence-corrected chi connectivity index (χ2v) is 26.4. The highest BCUT2D eigenvalue weighted by Crippen LogP contribution is 2.45. The summed E-state index contributed by atoms with van der Waals surface area (Å²) >= 11 is 0. The van der Waals surface area contributed by atoms with E-state index >= 15 is 0 Å². The first-order chi connectivity index (χ1) is 40.4. The number of ether oxygens (including phenoxy) is 4. The zero-order valence-corrected chi connectivity index (χ0v) is 55.5. The number of phosphoric ester groups is 2. The van der Waals surface area contributed by atoms with Crippen molar-refractivity contribution in [3.05, 3.63) is 24.3 Å². The van der Waals surface area contributed by atoms with E-state index in [1.54, 1.807) is 0 Å². The van der Waals surface area contributed by atoms with E-state index in [0.717, 1.165) is 127 Å². The normalized spacial score (nSPS) is 14.8. The number of rotatable bonds is 62. The Kier molecular flexibility index (Phi) is 55.3. The SMILES string of the molecule is CCCCCC/C=C\C=C/CCCCCCCC(=O)O[C@H](COC(=O)CCCCCCCCCCCC(C)C)COP(=O)(O)OC[C@@H](O)COP(=O)(O)OC[C@@H](COC(=O)CCCCCCCCC)OC(=O)CCCCCCCCC(C)CC. The van der Waals surface area contributed by atoms with Crippen LogP contribution in [-0.4, -0.2) is 96.7 Å². The van der Waals surface area contributed by atoms with Crippen molar-refractivity contribution in [3.63, 3.8) is 0 Å². The predicted octanol–water partition coefficient (Wildman–Crippen LogP) is 17.6. The molecule has 0 bridgehead atoms. The van der Waals surface area contributed by atoms with E-state index in [0.29, 0.717) is 25.7 Å². The molecular formula is C65H122O17P2. The summed E-state index contributed by atoms with van der Waals surface area (Å²) < 4.78 is 67.9. The smallest absolute Gasteiger partial charge is 0.462 e. The average molecular weight is 1240 g/mol. The van der Waals surface area contributed by atoms with Gasteiger partial charge in [-0.05, 0) is 63.2 Å². The minimum Gasteiger partial charge on any atom is -0.462 e. The molecule has 0 amide bonds. The standard InChI is InChI=1S/C65H122O17P2/c1-7-10-12-14-16-17-18-19-20-21-22-25-30-37-43-49-64(69)81-60(54-76-63(68)48-42-36-29-26-23-24-28-33-39-45-57(4)5)55-79-83(71,72)77-51-59(66)52-78-84(73,74)80-56-61(53-75-62(67)47-41-35-27-15-13-11-8-2)82-65(70)50-44-38-32-31-34-40-46-58(6)9-3/h17-20,57-61,66H,7-16,21-56H2,1-6H3,(H,71,72)(H,73,74)/b18-17-,20-19-/t58?,59-,60-,61-/m1/s1. The van der Waals surface area contributed by atoms with E-state index in [2.05, 4.69) is 65.8 Å². The zero-order valence-electron chi connectivity index (χ0n) is 53.7. The Morgan fingerprint density at radius 1 is 0.393 bits per heavy atom. The van der Waals surface area contributed by atoms with Crippen molar-refractivity contribution >= 4 is 39.5 Å². The summed E-state index contributed by atoms with van der Waals surface area (Å²) in [5.74, 6) is -0.710. The van der Waals surface area contributed by atoms with Crippen LogP contribution in [0.2, 0.25) is 0 Å². The molecule has 0 fully saturated rings. The van der Waals surface area contributed by atoms with Crippen LogP contribution in [0.15, 0.2) is 24.3 Å². The van der Waals surface area contributed by atoms with Gasteiger partial charge in [0.1, 0.15) is 19.3 Å². The van der Waals surface area contributed by atoms with Gasteiger partial charge < -0.3 is 33.8 Å². The molecule has 3 N–H and O–H groups in total. The van der Waals surface area contributed by atoms with Crippen LogP contribution in [-0.2, 0) is 65.4 Å². The minimum atomic E-state index is -4.95. The molecule has 17 nitrogen and oxygen atoms in total. The second-order valence-electron chi connectivity index (χ2n) is 23.5. The summed E-state index contributed by atoms with van der Waals surface area (Å²) in [6, 6.07) is 0. The number of aliphatic hydroxyl groups excluding tert-OH is 1. The van der Waals surface area contributed by atoms with Gasteiger partial charge in [-0.25, -0.2) is 9.13 Å². The predicted molar refractivity (Wildman–Crippen MR) is 335 cm³/mol. The number of unbranched alkanes of at least 4 members (excludes halogenated alkanes) is 28. The third kappa shape index (κ3) is 57.3. The molecule has 494 valence electrons. The van der Waals surface area contributed by atoms with Crippen LogP contribution in [0.1, 0.15) is 298 Å². The molecule has 0 spiro atoms. The fourth-order valence-corrected chi connectivity index (χ4v) is 10.7. The van der Waals surface area contributed by atoms with Gasteiger partial charge in [0.2, 0.25) is 0 Å². The Balaban J connectivity index is 5.26. The van der Waals surface area contributed by atoms with Crippen molar-refractivity contribution in [3.8, 4) is 0 Å². The average Bonchev–Trinajstić information content (AvgIpc) is 3.52. The third-order valence-corrected chi connectivity index (χ3v) is 16.6. The fraction of sp³-hybridized carbons (Fsp3) is 0.877. The van der Waals surface area contributed by atoms with Crippen LogP contribution in [0.4, 0.5) is 0 Å². The Hall–Kier alpha value is -2.46. The number of carbonyl (C=O) groups excluding carboxylic acids is 4. The first-order valence-electron chi connectivity index (χ1n) is 33.3. The maximum atomic E-state index is 13.0. The number of hydrogen-bond donors (Lipinski definition) is 3. The summed E-state index contributed by atoms with van der Waals surface area (Å²) in [6.07, 6.45) is 42.7. The molecule has 19 heteroatoms. The van der Waals surface area contributed by atoms with Gasteiger partial charge in [0, 0.05) is 25.7 Å². The molecule has 0 aliphatic heterocycles. The van der Waals surface area contributed by atoms with Crippen molar-refractivity contribution in [2.45, 2.75) is 317 Å². The lowest BCUT2D eigenvalue weighted by atomic mass is 10.00. The van der Waals surface area contributed by atoms with Gasteiger partial charge in [0.25, 0.3) is 0 Å². The van der Waals surface area contributed by atoms with Crippen molar-refractivity contribution in [2.24, 2.45) is 11.8 Å². The molecule has 0 aliphatic carbocycles. The summed E-state index contributed by atoms with van der Waals surface area (Å²) in [6.45, 7) is 9.32. The maximum absolute atomic E-state index is 13.0. The van der Waals surface area contributed by atoms with Crippen LogP contribution in [0.3, 0.4) is 0 Å². The van der Waals surface area contributed by atoms with E-state index in [4.69, 9.17) is 37.0 Å². The van der Waals surface area contributed by atoms with Gasteiger partial charge in [-0.1, -0.05) is 246 Å².